The van der Waals surface area contributed by atoms with Gasteiger partial charge in [-0.15, -0.1) is 0 Å². The number of carboxylic acid groups (broad SMARTS) is 1. The summed E-state index contributed by atoms with van der Waals surface area (Å²) in [7, 11) is -1.16. The number of hydrogen-bond donors (Lipinski definition) is 1. The number of methoxy groups -OCH3 is 2. The van der Waals surface area contributed by atoms with Crippen molar-refractivity contribution in [3.63, 3.8) is 0 Å². The lowest BCUT2D eigenvalue weighted by Crippen LogP contribution is -2.47. The normalized spacial score (nSPS) is 12.7. The highest BCUT2D eigenvalue weighted by atomic mass is 32.2. The second-order valence-electron chi connectivity index (χ2n) is 8.00. The Hall–Kier alpha value is -3.37. The van der Waals surface area contributed by atoms with Crippen LogP contribution in [0.1, 0.15) is 25.3 Å². The van der Waals surface area contributed by atoms with Crippen LogP contribution < -0.4 is 9.47 Å². The molecule has 0 aliphatic rings. The fraction of sp³-hybridized carbons (Fsp3) is 0.333. The predicted octanol–water partition coefficient (Wildman–Crippen LogP) is 3.97. The molecule has 9 nitrogen and oxygen atoms in total. The minimum Gasteiger partial charge on any atom is -0.497 e. The van der Waals surface area contributed by atoms with Gasteiger partial charge in [0.2, 0.25) is 15.9 Å². The van der Waals surface area contributed by atoms with Crippen molar-refractivity contribution in [2.45, 2.75) is 38.3 Å². The van der Waals surface area contributed by atoms with E-state index in [0.717, 1.165) is 4.31 Å². The van der Waals surface area contributed by atoms with Crippen molar-refractivity contribution >= 4 is 16.0 Å². The number of rotatable bonds is 10. The van der Waals surface area contributed by atoms with E-state index in [1.807, 2.05) is 0 Å². The number of ether oxygens (including phenoxy) is 2. The standard InChI is InChI=1S/C24H28N2O7S/c1-15(2)22(24(27)28)26(34(29,30)20-12-10-19(32-5)11-13-20)14-21-16(3)33-23(25-21)17-6-8-18(31-4)9-7-17/h6-13,15,22H,14H2,1-5H3,(H,27,28)/t22-/m1/s1. The molecular weight excluding hydrogens is 460 g/mol. The summed E-state index contributed by atoms with van der Waals surface area (Å²) >= 11 is 0. The van der Waals surface area contributed by atoms with Gasteiger partial charge in [0.1, 0.15) is 23.3 Å². The average Bonchev–Trinajstić information content (AvgIpc) is 3.18. The maximum Gasteiger partial charge on any atom is 0.322 e. The van der Waals surface area contributed by atoms with E-state index >= 15 is 0 Å². The molecule has 1 heterocycles. The van der Waals surface area contributed by atoms with Crippen LogP contribution >= 0.6 is 0 Å². The molecule has 1 aromatic heterocycles. The van der Waals surface area contributed by atoms with Gasteiger partial charge in [0, 0.05) is 5.56 Å². The highest BCUT2D eigenvalue weighted by molar-refractivity contribution is 7.89. The molecule has 34 heavy (non-hydrogen) atoms. The first kappa shape index (κ1) is 25.3. The molecule has 3 aromatic rings. The molecule has 0 aliphatic carbocycles. The number of aliphatic carboxylic acids is 1. The first-order chi connectivity index (χ1) is 16.1. The Morgan fingerprint density at radius 3 is 2.03 bits per heavy atom. The SMILES string of the molecule is COc1ccc(-c2nc(CN([C@@H](C(=O)O)C(C)C)S(=O)(=O)c3ccc(OC)cc3)c(C)o2)cc1. The van der Waals surface area contributed by atoms with Crippen LogP contribution in [0.3, 0.4) is 0 Å². The Kier molecular flexibility index (Phi) is 7.63. The van der Waals surface area contributed by atoms with E-state index in [-0.39, 0.29) is 11.4 Å². The largest absolute Gasteiger partial charge is 0.497 e. The summed E-state index contributed by atoms with van der Waals surface area (Å²) in [6.45, 7) is 4.72. The van der Waals surface area contributed by atoms with E-state index in [1.165, 1.54) is 31.4 Å². The zero-order chi connectivity index (χ0) is 25.0. The third-order valence-corrected chi connectivity index (χ3v) is 7.24. The highest BCUT2D eigenvalue weighted by Gasteiger charge is 2.39. The van der Waals surface area contributed by atoms with Crippen LogP contribution in [0.5, 0.6) is 11.5 Å². The molecule has 0 saturated heterocycles. The molecule has 0 radical (unpaired) electrons. The third kappa shape index (κ3) is 5.23. The van der Waals surface area contributed by atoms with Gasteiger partial charge in [-0.3, -0.25) is 4.79 Å². The number of oxazole rings is 1. The third-order valence-electron chi connectivity index (χ3n) is 5.40. The number of nitrogens with zero attached hydrogens (tertiary/aromatic N) is 2. The van der Waals surface area contributed by atoms with Crippen LogP contribution in [-0.4, -0.2) is 49.0 Å². The van der Waals surface area contributed by atoms with E-state index in [0.29, 0.717) is 34.4 Å². The summed E-state index contributed by atoms with van der Waals surface area (Å²) in [5.41, 5.74) is 1.01. The molecule has 0 saturated carbocycles. The molecule has 0 unspecified atom stereocenters. The second kappa shape index (κ2) is 10.3. The molecule has 2 aromatic carbocycles. The summed E-state index contributed by atoms with van der Waals surface area (Å²) < 4.78 is 44.2. The zero-order valence-electron chi connectivity index (χ0n) is 19.7. The number of aromatic nitrogens is 1. The topological polar surface area (TPSA) is 119 Å². The first-order valence-corrected chi connectivity index (χ1v) is 12.0. The summed E-state index contributed by atoms with van der Waals surface area (Å²) in [6.07, 6.45) is 0. The number of carboxylic acids is 1. The zero-order valence-corrected chi connectivity index (χ0v) is 20.5. The quantitative estimate of drug-likeness (QED) is 0.455. The van der Waals surface area contributed by atoms with E-state index in [9.17, 15) is 18.3 Å². The minimum atomic E-state index is -4.20. The van der Waals surface area contributed by atoms with Crippen molar-refractivity contribution in [3.05, 3.63) is 60.0 Å². The lowest BCUT2D eigenvalue weighted by Gasteiger charge is -2.30. The lowest BCUT2D eigenvalue weighted by atomic mass is 10.0. The molecule has 1 atom stereocenters. The minimum absolute atomic E-state index is 0.0447. The second-order valence-corrected chi connectivity index (χ2v) is 9.89. The van der Waals surface area contributed by atoms with Gasteiger partial charge in [-0.25, -0.2) is 13.4 Å². The van der Waals surface area contributed by atoms with Crippen molar-refractivity contribution in [1.82, 2.24) is 9.29 Å². The Labute approximate surface area is 199 Å². The Morgan fingerprint density at radius 1 is 1.03 bits per heavy atom. The van der Waals surface area contributed by atoms with Crippen LogP contribution in [0, 0.1) is 12.8 Å². The number of benzene rings is 2. The molecule has 182 valence electrons. The summed E-state index contributed by atoms with van der Waals surface area (Å²) in [6, 6.07) is 11.5. The number of aryl methyl sites for hydroxylation is 1. The predicted molar refractivity (Wildman–Crippen MR) is 125 cm³/mol. The first-order valence-electron chi connectivity index (χ1n) is 10.6. The Balaban J connectivity index is 2.03. The van der Waals surface area contributed by atoms with Crippen molar-refractivity contribution < 1.29 is 32.2 Å². The van der Waals surface area contributed by atoms with E-state index in [4.69, 9.17) is 13.9 Å². The number of hydrogen-bond acceptors (Lipinski definition) is 7. The van der Waals surface area contributed by atoms with Crippen LogP contribution in [-0.2, 0) is 21.4 Å². The molecule has 0 amide bonds. The summed E-state index contributed by atoms with van der Waals surface area (Å²) in [5.74, 6) is 0.107. The molecule has 1 N–H and O–H groups in total. The van der Waals surface area contributed by atoms with Gasteiger partial charge in [-0.2, -0.15) is 4.31 Å². The van der Waals surface area contributed by atoms with E-state index in [2.05, 4.69) is 4.98 Å². The van der Waals surface area contributed by atoms with Crippen molar-refractivity contribution in [3.8, 4) is 23.0 Å². The van der Waals surface area contributed by atoms with Crippen LogP contribution in [0.2, 0.25) is 0 Å². The van der Waals surface area contributed by atoms with Gasteiger partial charge in [-0.1, -0.05) is 13.8 Å². The van der Waals surface area contributed by atoms with Gasteiger partial charge in [0.05, 0.1) is 31.4 Å². The fourth-order valence-corrected chi connectivity index (χ4v) is 5.21. The van der Waals surface area contributed by atoms with Crippen LogP contribution in [0.25, 0.3) is 11.5 Å². The number of carbonyl (C=O) groups is 1. The molecule has 10 heteroatoms. The van der Waals surface area contributed by atoms with Gasteiger partial charge < -0.3 is 19.0 Å². The van der Waals surface area contributed by atoms with Crippen LogP contribution in [0.4, 0.5) is 0 Å². The monoisotopic (exact) mass is 488 g/mol. The Morgan fingerprint density at radius 2 is 1.56 bits per heavy atom. The maximum atomic E-state index is 13.6. The lowest BCUT2D eigenvalue weighted by molar-refractivity contribution is -0.143. The van der Waals surface area contributed by atoms with Gasteiger partial charge in [0.25, 0.3) is 0 Å². The van der Waals surface area contributed by atoms with Crippen molar-refractivity contribution in [2.24, 2.45) is 5.92 Å². The molecule has 0 aliphatic heterocycles. The Bertz CT molecular complexity index is 1230. The smallest absolute Gasteiger partial charge is 0.322 e. The molecule has 0 spiro atoms. The molecular formula is C24H28N2O7S. The number of sulfonamides is 1. The summed E-state index contributed by atoms with van der Waals surface area (Å²) in [5, 5.41) is 9.90. The molecule has 0 bridgehead atoms. The van der Waals surface area contributed by atoms with Crippen molar-refractivity contribution in [1.29, 1.82) is 0 Å². The van der Waals surface area contributed by atoms with E-state index in [1.54, 1.807) is 52.1 Å². The maximum absolute atomic E-state index is 13.6. The highest BCUT2D eigenvalue weighted by Crippen LogP contribution is 2.29. The molecule has 0 fully saturated rings. The van der Waals surface area contributed by atoms with Crippen molar-refractivity contribution in [2.75, 3.05) is 14.2 Å². The van der Waals surface area contributed by atoms with Gasteiger partial charge in [-0.05, 0) is 61.4 Å². The average molecular weight is 489 g/mol. The molecule has 3 rings (SSSR count). The summed E-state index contributed by atoms with van der Waals surface area (Å²) in [4.78, 5) is 16.6. The van der Waals surface area contributed by atoms with E-state index < -0.39 is 28.0 Å². The fourth-order valence-electron chi connectivity index (χ4n) is 3.54. The van der Waals surface area contributed by atoms with Crippen LogP contribution in [0.15, 0.2) is 57.8 Å². The van der Waals surface area contributed by atoms with Gasteiger partial charge in [0.15, 0.2) is 0 Å². The van der Waals surface area contributed by atoms with Gasteiger partial charge >= 0.3 is 5.97 Å².